The Kier molecular flexibility index (Phi) is 7.26. The third kappa shape index (κ3) is 4.25. The van der Waals surface area contributed by atoms with Crippen LogP contribution >= 0.6 is 24.0 Å². The number of carbonyl (C=O) groups is 2. The molecule has 0 bridgehead atoms. The van der Waals surface area contributed by atoms with Crippen molar-refractivity contribution in [1.82, 2.24) is 14.4 Å². The van der Waals surface area contributed by atoms with Gasteiger partial charge in [0.25, 0.3) is 11.5 Å². The predicted octanol–water partition coefficient (Wildman–Crippen LogP) is 2.06. The van der Waals surface area contributed by atoms with Gasteiger partial charge in [0.15, 0.2) is 0 Å². The second-order valence-electron chi connectivity index (χ2n) is 7.31. The monoisotopic (exact) mass is 475 g/mol. The minimum Gasteiger partial charge on any atom is -0.450 e. The van der Waals surface area contributed by atoms with E-state index in [2.05, 4.69) is 0 Å². The van der Waals surface area contributed by atoms with Crippen LogP contribution in [0.25, 0.3) is 6.08 Å². The number of ether oxygens (including phenoxy) is 1. The Bertz CT molecular complexity index is 1100. The van der Waals surface area contributed by atoms with Crippen molar-refractivity contribution in [1.29, 1.82) is 5.26 Å². The summed E-state index contributed by atoms with van der Waals surface area (Å²) < 4.78 is 7.01. The van der Waals surface area contributed by atoms with Gasteiger partial charge in [0.2, 0.25) is 0 Å². The number of amides is 2. The van der Waals surface area contributed by atoms with E-state index < -0.39 is 5.56 Å². The smallest absolute Gasteiger partial charge is 0.409 e. The second-order valence-corrected chi connectivity index (χ2v) is 8.99. The van der Waals surface area contributed by atoms with Gasteiger partial charge in [0, 0.05) is 45.3 Å². The minimum atomic E-state index is -0.397. The first-order chi connectivity index (χ1) is 15.2. The van der Waals surface area contributed by atoms with Crippen molar-refractivity contribution in [2.75, 3.05) is 44.2 Å². The van der Waals surface area contributed by atoms with Crippen LogP contribution in [0.3, 0.4) is 0 Å². The van der Waals surface area contributed by atoms with Crippen molar-refractivity contribution < 1.29 is 14.3 Å². The zero-order valence-corrected chi connectivity index (χ0v) is 20.1. The lowest BCUT2D eigenvalue weighted by molar-refractivity contribution is -0.121. The standard InChI is InChI=1S/C21H25N5O4S2/c1-5-26-19(28)16(32-21(26)31)11-14-13(3)15(12-22)18(27)23(4)17(14)24-7-9-25(10-8-24)20(29)30-6-2/h11H,5-10H2,1-4H3/b16-11-. The molecule has 0 radical (unpaired) electrons. The lowest BCUT2D eigenvalue weighted by Gasteiger charge is -2.37. The van der Waals surface area contributed by atoms with E-state index in [-0.39, 0.29) is 17.6 Å². The summed E-state index contributed by atoms with van der Waals surface area (Å²) in [5, 5.41) is 9.57. The van der Waals surface area contributed by atoms with Crippen LogP contribution in [0, 0.1) is 18.3 Å². The van der Waals surface area contributed by atoms with Gasteiger partial charge < -0.3 is 14.5 Å². The molecule has 9 nitrogen and oxygen atoms in total. The number of rotatable bonds is 4. The summed E-state index contributed by atoms with van der Waals surface area (Å²) in [5.41, 5.74) is 0.787. The molecule has 0 spiro atoms. The third-order valence-corrected chi connectivity index (χ3v) is 6.92. The van der Waals surface area contributed by atoms with E-state index in [1.165, 1.54) is 21.2 Å². The maximum Gasteiger partial charge on any atom is 0.409 e. The molecule has 0 aliphatic carbocycles. The average molecular weight is 476 g/mol. The molecular formula is C21H25N5O4S2. The summed E-state index contributed by atoms with van der Waals surface area (Å²) >= 11 is 6.52. The van der Waals surface area contributed by atoms with Crippen molar-refractivity contribution in [3.05, 3.63) is 31.9 Å². The van der Waals surface area contributed by atoms with Gasteiger partial charge in [-0.3, -0.25) is 19.1 Å². The number of aromatic nitrogens is 1. The highest BCUT2D eigenvalue weighted by Gasteiger charge is 2.32. The van der Waals surface area contributed by atoms with E-state index >= 15 is 0 Å². The molecule has 1 aromatic heterocycles. The third-order valence-electron chi connectivity index (χ3n) is 5.54. The van der Waals surface area contributed by atoms with Gasteiger partial charge in [0.1, 0.15) is 21.8 Å². The molecule has 3 rings (SSSR count). The first-order valence-electron chi connectivity index (χ1n) is 10.3. The van der Waals surface area contributed by atoms with Gasteiger partial charge in [-0.2, -0.15) is 5.26 Å². The van der Waals surface area contributed by atoms with Gasteiger partial charge in [-0.15, -0.1) is 0 Å². The van der Waals surface area contributed by atoms with Crippen LogP contribution in [0.2, 0.25) is 0 Å². The average Bonchev–Trinajstić information content (AvgIpc) is 3.05. The number of nitriles is 1. The molecular weight excluding hydrogens is 450 g/mol. The zero-order chi connectivity index (χ0) is 23.6. The van der Waals surface area contributed by atoms with Crippen LogP contribution in [0.15, 0.2) is 9.70 Å². The highest BCUT2D eigenvalue weighted by molar-refractivity contribution is 8.26. The van der Waals surface area contributed by atoms with Crippen molar-refractivity contribution in [3.8, 4) is 6.07 Å². The molecule has 2 fully saturated rings. The number of anilines is 1. The maximum atomic E-state index is 12.9. The van der Waals surface area contributed by atoms with E-state index in [1.54, 1.807) is 31.9 Å². The Hall–Kier alpha value is -2.84. The lowest BCUT2D eigenvalue weighted by atomic mass is 10.0. The summed E-state index contributed by atoms with van der Waals surface area (Å²) in [5.74, 6) is 0.420. The molecule has 170 valence electrons. The Morgan fingerprint density at radius 1 is 1.25 bits per heavy atom. The number of carbonyl (C=O) groups excluding carboxylic acids is 2. The SMILES string of the molecule is CCOC(=O)N1CCN(c2c(/C=C3\SC(=S)N(CC)C3=O)c(C)c(C#N)c(=O)n2C)CC1. The summed E-state index contributed by atoms with van der Waals surface area (Å²) in [4.78, 5) is 43.3. The molecule has 0 atom stereocenters. The van der Waals surface area contributed by atoms with Gasteiger partial charge in [-0.25, -0.2) is 4.79 Å². The molecule has 11 heteroatoms. The van der Waals surface area contributed by atoms with E-state index in [4.69, 9.17) is 17.0 Å². The number of hydrogen-bond acceptors (Lipinski definition) is 8. The van der Waals surface area contributed by atoms with E-state index in [1.807, 2.05) is 17.9 Å². The summed E-state index contributed by atoms with van der Waals surface area (Å²) in [6.45, 7) is 7.94. The zero-order valence-electron chi connectivity index (χ0n) is 18.5. The van der Waals surface area contributed by atoms with Crippen molar-refractivity contribution in [2.45, 2.75) is 20.8 Å². The Labute approximate surface area is 196 Å². The van der Waals surface area contributed by atoms with Gasteiger partial charge in [-0.05, 0) is 32.4 Å². The molecule has 32 heavy (non-hydrogen) atoms. The normalized spacial score (nSPS) is 17.8. The van der Waals surface area contributed by atoms with Gasteiger partial charge in [0.05, 0.1) is 11.5 Å². The van der Waals surface area contributed by atoms with E-state index in [0.29, 0.717) is 65.5 Å². The number of hydrogen-bond donors (Lipinski definition) is 0. The number of piperazine rings is 1. The molecule has 1 aromatic rings. The van der Waals surface area contributed by atoms with Crippen LogP contribution < -0.4 is 10.5 Å². The van der Waals surface area contributed by atoms with Crippen molar-refractivity contribution >= 4 is 52.2 Å². The molecule has 2 aliphatic heterocycles. The molecule has 3 heterocycles. The number of nitrogens with zero attached hydrogens (tertiary/aromatic N) is 5. The van der Waals surface area contributed by atoms with E-state index in [0.717, 1.165) is 0 Å². The van der Waals surface area contributed by atoms with E-state index in [9.17, 15) is 19.6 Å². The molecule has 2 aliphatic rings. The fraction of sp³-hybridized carbons (Fsp3) is 0.476. The molecule has 2 amide bonds. The van der Waals surface area contributed by atoms with Gasteiger partial charge in [-0.1, -0.05) is 24.0 Å². The van der Waals surface area contributed by atoms with Crippen LogP contribution in [-0.4, -0.2) is 70.0 Å². The number of thiocarbonyl (C=S) groups is 1. The highest BCUT2D eigenvalue weighted by Crippen LogP contribution is 2.35. The summed E-state index contributed by atoms with van der Waals surface area (Å²) in [7, 11) is 1.62. The van der Waals surface area contributed by atoms with Crippen LogP contribution in [0.5, 0.6) is 0 Å². The number of pyridine rings is 1. The van der Waals surface area contributed by atoms with Crippen molar-refractivity contribution in [3.63, 3.8) is 0 Å². The summed E-state index contributed by atoms with van der Waals surface area (Å²) in [6.07, 6.45) is 1.36. The maximum absolute atomic E-state index is 12.9. The first kappa shape index (κ1) is 23.8. The molecule has 0 N–H and O–H groups in total. The van der Waals surface area contributed by atoms with Crippen LogP contribution in [0.4, 0.5) is 10.6 Å². The largest absolute Gasteiger partial charge is 0.450 e. The first-order valence-corrected chi connectivity index (χ1v) is 11.5. The Morgan fingerprint density at radius 2 is 1.91 bits per heavy atom. The fourth-order valence-corrected chi connectivity index (χ4v) is 5.18. The number of likely N-dealkylation sites (N-methyl/N-ethyl adjacent to an activating group) is 1. The highest BCUT2D eigenvalue weighted by atomic mass is 32.2. The molecule has 0 aromatic carbocycles. The van der Waals surface area contributed by atoms with Crippen LogP contribution in [0.1, 0.15) is 30.5 Å². The summed E-state index contributed by atoms with van der Waals surface area (Å²) in [6, 6.07) is 2.00. The van der Waals surface area contributed by atoms with Crippen LogP contribution in [-0.2, 0) is 16.6 Å². The quantitative estimate of drug-likeness (QED) is 0.482. The molecule has 0 saturated carbocycles. The number of thioether (sulfide) groups is 1. The topological polar surface area (TPSA) is 98.9 Å². The second kappa shape index (κ2) is 9.75. The Balaban J connectivity index is 2.06. The predicted molar refractivity (Wildman–Crippen MR) is 127 cm³/mol. The minimum absolute atomic E-state index is 0.0404. The molecule has 0 unspecified atom stereocenters. The van der Waals surface area contributed by atoms with Crippen molar-refractivity contribution in [2.24, 2.45) is 7.05 Å². The molecule has 2 saturated heterocycles. The lowest BCUT2D eigenvalue weighted by Crippen LogP contribution is -2.50. The fourth-order valence-electron chi connectivity index (χ4n) is 3.81. The Morgan fingerprint density at radius 3 is 2.44 bits per heavy atom. The van der Waals surface area contributed by atoms with Gasteiger partial charge >= 0.3 is 6.09 Å².